The summed E-state index contributed by atoms with van der Waals surface area (Å²) in [4.78, 5) is 28.0. The fourth-order valence-corrected chi connectivity index (χ4v) is 4.13. The van der Waals surface area contributed by atoms with Gasteiger partial charge < -0.3 is 14.9 Å². The summed E-state index contributed by atoms with van der Waals surface area (Å²) in [6.07, 6.45) is 3.22. The first kappa shape index (κ1) is 14.5. The first-order valence-electron chi connectivity index (χ1n) is 8.47. The van der Waals surface area contributed by atoms with Crippen LogP contribution in [-0.2, 0) is 16.0 Å². The highest BCUT2D eigenvalue weighted by Crippen LogP contribution is 2.44. The third-order valence-corrected chi connectivity index (χ3v) is 5.57. The summed E-state index contributed by atoms with van der Waals surface area (Å²) in [5, 5.41) is 9.43. The van der Waals surface area contributed by atoms with Crippen molar-refractivity contribution in [3.05, 3.63) is 29.8 Å². The molecule has 2 aliphatic heterocycles. The average molecular weight is 314 g/mol. The van der Waals surface area contributed by atoms with Crippen LogP contribution in [0, 0.1) is 17.8 Å². The number of benzene rings is 1. The highest BCUT2D eigenvalue weighted by atomic mass is 16.4. The second kappa shape index (κ2) is 5.55. The molecular weight excluding hydrogens is 292 g/mol. The molecule has 5 heteroatoms. The number of anilines is 1. The van der Waals surface area contributed by atoms with Crippen molar-refractivity contribution in [3.63, 3.8) is 0 Å². The summed E-state index contributed by atoms with van der Waals surface area (Å²) >= 11 is 0. The van der Waals surface area contributed by atoms with Crippen LogP contribution in [0.5, 0.6) is 0 Å². The monoisotopic (exact) mass is 314 g/mol. The van der Waals surface area contributed by atoms with Gasteiger partial charge in [-0.2, -0.15) is 0 Å². The summed E-state index contributed by atoms with van der Waals surface area (Å²) in [5.41, 5.74) is 2.44. The zero-order valence-electron chi connectivity index (χ0n) is 13.1. The van der Waals surface area contributed by atoms with E-state index in [2.05, 4.69) is 17.0 Å². The number of carbonyl (C=O) groups is 2. The van der Waals surface area contributed by atoms with Crippen LogP contribution < -0.4 is 4.90 Å². The lowest BCUT2D eigenvalue weighted by Gasteiger charge is -2.23. The Morgan fingerprint density at radius 1 is 1.17 bits per heavy atom. The van der Waals surface area contributed by atoms with Crippen LogP contribution in [0.3, 0.4) is 0 Å². The van der Waals surface area contributed by atoms with Gasteiger partial charge in [0.1, 0.15) is 0 Å². The molecule has 2 fully saturated rings. The van der Waals surface area contributed by atoms with Gasteiger partial charge in [0.05, 0.1) is 12.5 Å². The molecule has 0 spiro atoms. The number of carbonyl (C=O) groups excluding carboxylic acids is 1. The van der Waals surface area contributed by atoms with Crippen LogP contribution in [0.15, 0.2) is 24.3 Å². The molecule has 4 rings (SSSR count). The number of likely N-dealkylation sites (tertiary alicyclic amines) is 1. The maximum Gasteiger partial charge on any atom is 0.308 e. The van der Waals surface area contributed by atoms with Crippen molar-refractivity contribution in [2.45, 2.75) is 19.3 Å². The van der Waals surface area contributed by atoms with Crippen molar-refractivity contribution in [1.29, 1.82) is 0 Å². The molecule has 2 atom stereocenters. The number of hydrogen-bond donors (Lipinski definition) is 1. The Morgan fingerprint density at radius 3 is 2.70 bits per heavy atom. The first-order valence-corrected chi connectivity index (χ1v) is 8.47. The van der Waals surface area contributed by atoms with E-state index in [1.165, 1.54) is 5.56 Å². The van der Waals surface area contributed by atoms with E-state index in [1.54, 1.807) is 4.90 Å². The average Bonchev–Trinajstić information content (AvgIpc) is 3.16. The summed E-state index contributed by atoms with van der Waals surface area (Å²) in [6, 6.07) is 8.20. The fraction of sp³-hybridized carbons (Fsp3) is 0.556. The standard InChI is InChI=1S/C18H22N2O3/c21-17(11-19-8-7-13-3-1-2-4-16(13)19)20-9-14(12-5-6-12)15(10-20)18(22)23/h1-4,12,14-15H,5-11H2,(H,22,23)/t14-,15+/m1/s1. The molecule has 1 amide bonds. The Morgan fingerprint density at radius 2 is 1.96 bits per heavy atom. The molecule has 0 radical (unpaired) electrons. The van der Waals surface area contributed by atoms with Crippen LogP contribution in [0.2, 0.25) is 0 Å². The Balaban J connectivity index is 1.43. The smallest absolute Gasteiger partial charge is 0.308 e. The van der Waals surface area contributed by atoms with Crippen molar-refractivity contribution in [1.82, 2.24) is 4.90 Å². The summed E-state index contributed by atoms with van der Waals surface area (Å²) in [5.74, 6) is -0.388. The van der Waals surface area contributed by atoms with Gasteiger partial charge in [0.15, 0.2) is 0 Å². The maximum absolute atomic E-state index is 12.7. The molecule has 23 heavy (non-hydrogen) atoms. The van der Waals surface area contributed by atoms with Crippen molar-refractivity contribution < 1.29 is 14.7 Å². The van der Waals surface area contributed by atoms with Gasteiger partial charge in [0.2, 0.25) is 5.91 Å². The van der Waals surface area contributed by atoms with Gasteiger partial charge in [-0.15, -0.1) is 0 Å². The SMILES string of the molecule is O=C(O)[C@H]1CN(C(=O)CN2CCc3ccccc32)C[C@@H]1C1CC1. The highest BCUT2D eigenvalue weighted by Gasteiger charge is 2.46. The number of rotatable bonds is 4. The van der Waals surface area contributed by atoms with Gasteiger partial charge in [-0.25, -0.2) is 0 Å². The van der Waals surface area contributed by atoms with Crippen LogP contribution >= 0.6 is 0 Å². The molecule has 1 N–H and O–H groups in total. The third-order valence-electron chi connectivity index (χ3n) is 5.57. The normalized spacial score (nSPS) is 26.4. The van der Waals surface area contributed by atoms with Crippen molar-refractivity contribution in [3.8, 4) is 0 Å². The second-order valence-corrected chi connectivity index (χ2v) is 7.05. The minimum Gasteiger partial charge on any atom is -0.481 e. The van der Waals surface area contributed by atoms with Gasteiger partial charge >= 0.3 is 5.97 Å². The molecule has 0 aromatic heterocycles. The van der Waals surface area contributed by atoms with E-state index in [0.29, 0.717) is 25.6 Å². The number of hydrogen-bond acceptors (Lipinski definition) is 3. The van der Waals surface area contributed by atoms with E-state index in [-0.39, 0.29) is 17.7 Å². The van der Waals surface area contributed by atoms with Crippen LogP contribution in [0.4, 0.5) is 5.69 Å². The molecule has 2 heterocycles. The van der Waals surface area contributed by atoms with E-state index in [4.69, 9.17) is 0 Å². The number of carboxylic acids is 1. The number of carboxylic acid groups (broad SMARTS) is 1. The molecule has 3 aliphatic rings. The zero-order valence-corrected chi connectivity index (χ0v) is 13.1. The molecule has 122 valence electrons. The quantitative estimate of drug-likeness (QED) is 0.917. The zero-order chi connectivity index (χ0) is 16.0. The van der Waals surface area contributed by atoms with Crippen LogP contribution in [0.1, 0.15) is 18.4 Å². The summed E-state index contributed by atoms with van der Waals surface area (Å²) in [6.45, 7) is 2.23. The second-order valence-electron chi connectivity index (χ2n) is 7.05. The molecule has 0 unspecified atom stereocenters. The Hall–Kier alpha value is -2.04. The third kappa shape index (κ3) is 2.69. The Bertz CT molecular complexity index is 641. The summed E-state index contributed by atoms with van der Waals surface area (Å²) < 4.78 is 0. The maximum atomic E-state index is 12.7. The molecule has 1 aliphatic carbocycles. The van der Waals surface area contributed by atoms with Crippen LogP contribution in [-0.4, -0.2) is 48.1 Å². The van der Waals surface area contributed by atoms with Gasteiger partial charge in [-0.3, -0.25) is 9.59 Å². The van der Waals surface area contributed by atoms with E-state index in [9.17, 15) is 14.7 Å². The molecule has 0 bridgehead atoms. The number of amides is 1. The fourth-order valence-electron chi connectivity index (χ4n) is 4.13. The predicted octanol–water partition coefficient (Wildman–Crippen LogP) is 1.62. The molecule has 1 saturated heterocycles. The molecular formula is C18H22N2O3. The lowest BCUT2D eigenvalue weighted by Crippen LogP contribution is -2.39. The van der Waals surface area contributed by atoms with E-state index in [0.717, 1.165) is 31.5 Å². The minimum absolute atomic E-state index is 0.0658. The van der Waals surface area contributed by atoms with Crippen LogP contribution in [0.25, 0.3) is 0 Å². The Kier molecular flexibility index (Phi) is 3.51. The number of para-hydroxylation sites is 1. The topological polar surface area (TPSA) is 60.9 Å². The Labute approximate surface area is 135 Å². The van der Waals surface area contributed by atoms with Crippen molar-refractivity contribution in [2.24, 2.45) is 17.8 Å². The minimum atomic E-state index is -0.747. The predicted molar refractivity (Wildman–Crippen MR) is 86.3 cm³/mol. The van der Waals surface area contributed by atoms with Crippen molar-refractivity contribution >= 4 is 17.6 Å². The number of aliphatic carboxylic acids is 1. The van der Waals surface area contributed by atoms with E-state index in [1.807, 2.05) is 12.1 Å². The molecule has 1 aromatic carbocycles. The molecule has 1 aromatic rings. The highest BCUT2D eigenvalue weighted by molar-refractivity contribution is 5.84. The number of fused-ring (bicyclic) bond motifs is 1. The van der Waals surface area contributed by atoms with E-state index < -0.39 is 5.97 Å². The molecule has 1 saturated carbocycles. The largest absolute Gasteiger partial charge is 0.481 e. The van der Waals surface area contributed by atoms with Gasteiger partial charge in [0, 0.05) is 25.3 Å². The van der Waals surface area contributed by atoms with Crippen molar-refractivity contribution in [2.75, 3.05) is 31.1 Å². The lowest BCUT2D eigenvalue weighted by molar-refractivity contribution is -0.142. The van der Waals surface area contributed by atoms with Gasteiger partial charge in [-0.05, 0) is 42.7 Å². The van der Waals surface area contributed by atoms with E-state index >= 15 is 0 Å². The van der Waals surface area contributed by atoms with Gasteiger partial charge in [-0.1, -0.05) is 18.2 Å². The first-order chi connectivity index (χ1) is 11.1. The lowest BCUT2D eigenvalue weighted by atomic mass is 9.92. The number of nitrogens with zero attached hydrogens (tertiary/aromatic N) is 2. The molecule has 5 nitrogen and oxygen atoms in total. The summed E-state index contributed by atoms with van der Waals surface area (Å²) in [7, 11) is 0. The van der Waals surface area contributed by atoms with Gasteiger partial charge in [0.25, 0.3) is 0 Å².